The standard InChI is InChI=1S/C15H27N3S/c1-5-7-16-13-6-9-18(12(2)11-13)15(3,4)14-17-8-10-19-14/h8,10,12-13,16H,5-7,9,11H2,1-4H3. The van der Waals surface area contributed by atoms with Crippen LogP contribution in [0.5, 0.6) is 0 Å². The van der Waals surface area contributed by atoms with Crippen molar-refractivity contribution in [1.82, 2.24) is 15.2 Å². The molecule has 1 aromatic rings. The van der Waals surface area contributed by atoms with Crippen molar-refractivity contribution in [3.05, 3.63) is 16.6 Å². The minimum absolute atomic E-state index is 0.0588. The first-order valence-electron chi connectivity index (χ1n) is 7.45. The summed E-state index contributed by atoms with van der Waals surface area (Å²) >= 11 is 1.77. The highest BCUT2D eigenvalue weighted by Gasteiger charge is 2.37. The minimum Gasteiger partial charge on any atom is -0.314 e. The van der Waals surface area contributed by atoms with E-state index in [2.05, 4.69) is 48.3 Å². The number of nitrogens with zero attached hydrogens (tertiary/aromatic N) is 2. The number of nitrogens with one attached hydrogen (secondary N) is 1. The van der Waals surface area contributed by atoms with Gasteiger partial charge in [0.15, 0.2) is 0 Å². The Kier molecular flexibility index (Phi) is 4.98. The third kappa shape index (κ3) is 3.36. The van der Waals surface area contributed by atoms with Gasteiger partial charge in [0.25, 0.3) is 0 Å². The zero-order chi connectivity index (χ0) is 13.9. The average molecular weight is 281 g/mol. The molecule has 0 saturated carbocycles. The number of thiazole rings is 1. The van der Waals surface area contributed by atoms with E-state index in [1.54, 1.807) is 11.3 Å². The molecule has 1 saturated heterocycles. The second-order valence-corrected chi connectivity index (χ2v) is 7.01. The highest BCUT2D eigenvalue weighted by atomic mass is 32.1. The summed E-state index contributed by atoms with van der Waals surface area (Å²) in [6, 6.07) is 1.31. The second-order valence-electron chi connectivity index (χ2n) is 6.11. The maximum Gasteiger partial charge on any atom is 0.112 e. The van der Waals surface area contributed by atoms with Gasteiger partial charge in [0.1, 0.15) is 5.01 Å². The molecule has 19 heavy (non-hydrogen) atoms. The Hall–Kier alpha value is -0.450. The summed E-state index contributed by atoms with van der Waals surface area (Å²) in [7, 11) is 0. The summed E-state index contributed by atoms with van der Waals surface area (Å²) in [6.07, 6.45) is 5.63. The number of aromatic nitrogens is 1. The molecule has 2 unspecified atom stereocenters. The van der Waals surface area contributed by atoms with E-state index in [1.165, 1.54) is 24.3 Å². The van der Waals surface area contributed by atoms with E-state index in [-0.39, 0.29) is 5.54 Å². The molecule has 0 aliphatic carbocycles. The summed E-state index contributed by atoms with van der Waals surface area (Å²) < 4.78 is 0. The van der Waals surface area contributed by atoms with Crippen molar-refractivity contribution in [2.75, 3.05) is 13.1 Å². The number of piperidine rings is 1. The molecular formula is C15H27N3S. The predicted octanol–water partition coefficient (Wildman–Crippen LogP) is 3.23. The van der Waals surface area contributed by atoms with Gasteiger partial charge in [0.05, 0.1) is 5.54 Å². The van der Waals surface area contributed by atoms with Crippen molar-refractivity contribution >= 4 is 11.3 Å². The van der Waals surface area contributed by atoms with Gasteiger partial charge < -0.3 is 5.32 Å². The van der Waals surface area contributed by atoms with Crippen LogP contribution < -0.4 is 5.32 Å². The summed E-state index contributed by atoms with van der Waals surface area (Å²) in [6.45, 7) is 11.5. The molecule has 0 spiro atoms. The molecule has 0 radical (unpaired) electrons. The Balaban J connectivity index is 1.99. The fourth-order valence-corrected chi connectivity index (χ4v) is 3.96. The number of likely N-dealkylation sites (tertiary alicyclic amines) is 1. The lowest BCUT2D eigenvalue weighted by Gasteiger charge is -2.46. The predicted molar refractivity (Wildman–Crippen MR) is 82.6 cm³/mol. The molecule has 1 aromatic heterocycles. The van der Waals surface area contributed by atoms with Gasteiger partial charge in [-0.3, -0.25) is 4.90 Å². The summed E-state index contributed by atoms with van der Waals surface area (Å²) in [5.41, 5.74) is 0.0588. The van der Waals surface area contributed by atoms with Crippen LogP contribution in [0, 0.1) is 0 Å². The van der Waals surface area contributed by atoms with E-state index >= 15 is 0 Å². The largest absolute Gasteiger partial charge is 0.314 e. The maximum absolute atomic E-state index is 4.53. The lowest BCUT2D eigenvalue weighted by atomic mass is 9.91. The molecule has 1 N–H and O–H groups in total. The smallest absolute Gasteiger partial charge is 0.112 e. The van der Waals surface area contributed by atoms with Crippen LogP contribution in [-0.4, -0.2) is 35.1 Å². The molecule has 3 nitrogen and oxygen atoms in total. The zero-order valence-electron chi connectivity index (χ0n) is 12.6. The molecule has 2 atom stereocenters. The van der Waals surface area contributed by atoms with Crippen LogP contribution in [-0.2, 0) is 5.54 Å². The lowest BCUT2D eigenvalue weighted by molar-refractivity contribution is 0.0342. The quantitative estimate of drug-likeness (QED) is 0.898. The monoisotopic (exact) mass is 281 g/mol. The second kappa shape index (κ2) is 6.33. The van der Waals surface area contributed by atoms with Crippen LogP contribution >= 0.6 is 11.3 Å². The van der Waals surface area contributed by atoms with Crippen molar-refractivity contribution in [3.63, 3.8) is 0 Å². The SMILES string of the molecule is CCCNC1CCN(C(C)(C)c2nccs2)C(C)C1. The molecule has 2 heterocycles. The first-order valence-corrected chi connectivity index (χ1v) is 8.33. The van der Waals surface area contributed by atoms with Gasteiger partial charge in [0.2, 0.25) is 0 Å². The highest BCUT2D eigenvalue weighted by Crippen LogP contribution is 2.34. The first-order chi connectivity index (χ1) is 9.05. The summed E-state index contributed by atoms with van der Waals surface area (Å²) in [5, 5.41) is 6.98. The van der Waals surface area contributed by atoms with E-state index in [9.17, 15) is 0 Å². The fraction of sp³-hybridized carbons (Fsp3) is 0.800. The topological polar surface area (TPSA) is 28.2 Å². The van der Waals surface area contributed by atoms with Gasteiger partial charge in [-0.05, 0) is 46.6 Å². The summed E-state index contributed by atoms with van der Waals surface area (Å²) in [4.78, 5) is 7.15. The average Bonchev–Trinajstić information content (AvgIpc) is 2.90. The minimum atomic E-state index is 0.0588. The Morgan fingerprint density at radius 1 is 1.53 bits per heavy atom. The third-order valence-electron chi connectivity index (χ3n) is 4.23. The van der Waals surface area contributed by atoms with Crippen molar-refractivity contribution in [1.29, 1.82) is 0 Å². The molecule has 0 aromatic carbocycles. The molecule has 0 amide bonds. The number of rotatable bonds is 5. The number of hydrogen-bond donors (Lipinski definition) is 1. The fourth-order valence-electron chi connectivity index (χ4n) is 3.18. The van der Waals surface area contributed by atoms with E-state index in [0.29, 0.717) is 12.1 Å². The molecule has 1 fully saturated rings. The van der Waals surface area contributed by atoms with E-state index in [1.807, 2.05) is 6.20 Å². The van der Waals surface area contributed by atoms with Gasteiger partial charge in [-0.1, -0.05) is 6.92 Å². The Bertz CT molecular complexity index is 375. The van der Waals surface area contributed by atoms with Gasteiger partial charge >= 0.3 is 0 Å². The van der Waals surface area contributed by atoms with Gasteiger partial charge in [-0.15, -0.1) is 11.3 Å². The van der Waals surface area contributed by atoms with Gasteiger partial charge in [0, 0.05) is 30.2 Å². The van der Waals surface area contributed by atoms with Gasteiger partial charge in [-0.2, -0.15) is 0 Å². The van der Waals surface area contributed by atoms with Crippen LogP contribution in [0.15, 0.2) is 11.6 Å². The van der Waals surface area contributed by atoms with Crippen molar-refractivity contribution in [2.45, 2.75) is 64.6 Å². The highest BCUT2D eigenvalue weighted by molar-refractivity contribution is 7.09. The molecule has 1 aliphatic heterocycles. The van der Waals surface area contributed by atoms with Crippen molar-refractivity contribution in [3.8, 4) is 0 Å². The van der Waals surface area contributed by atoms with Crippen LogP contribution in [0.1, 0.15) is 52.0 Å². The van der Waals surface area contributed by atoms with Crippen molar-refractivity contribution in [2.24, 2.45) is 0 Å². The van der Waals surface area contributed by atoms with Crippen LogP contribution in [0.3, 0.4) is 0 Å². The molecule has 2 rings (SSSR count). The zero-order valence-corrected chi connectivity index (χ0v) is 13.5. The normalized spacial score (nSPS) is 25.7. The van der Waals surface area contributed by atoms with Crippen LogP contribution in [0.4, 0.5) is 0 Å². The van der Waals surface area contributed by atoms with Crippen LogP contribution in [0.2, 0.25) is 0 Å². The van der Waals surface area contributed by atoms with Gasteiger partial charge in [-0.25, -0.2) is 4.98 Å². The molecule has 108 valence electrons. The third-order valence-corrected chi connectivity index (χ3v) is 5.32. The van der Waals surface area contributed by atoms with E-state index in [0.717, 1.165) is 13.1 Å². The van der Waals surface area contributed by atoms with Crippen molar-refractivity contribution < 1.29 is 0 Å². The molecular weight excluding hydrogens is 254 g/mol. The Morgan fingerprint density at radius 3 is 2.89 bits per heavy atom. The maximum atomic E-state index is 4.53. The van der Waals surface area contributed by atoms with E-state index < -0.39 is 0 Å². The lowest BCUT2D eigenvalue weighted by Crippen LogP contribution is -2.54. The van der Waals surface area contributed by atoms with Crippen LogP contribution in [0.25, 0.3) is 0 Å². The van der Waals surface area contributed by atoms with E-state index in [4.69, 9.17) is 0 Å². The molecule has 0 bridgehead atoms. The molecule has 4 heteroatoms. The Morgan fingerprint density at radius 2 is 2.32 bits per heavy atom. The summed E-state index contributed by atoms with van der Waals surface area (Å²) in [5.74, 6) is 0. The first kappa shape index (κ1) is 14.9. The Labute approximate surface area is 121 Å². The molecule has 1 aliphatic rings. The number of hydrogen-bond acceptors (Lipinski definition) is 4.